The van der Waals surface area contributed by atoms with E-state index in [1.807, 2.05) is 18.7 Å². The third-order valence-electron chi connectivity index (χ3n) is 1.64. The van der Waals surface area contributed by atoms with Gasteiger partial charge in [-0.05, 0) is 13.8 Å². The standard InChI is InChI=1S/C8H19N3O/c1-4-11(8(9)10-3)6-7-12-5-2/h4-7H2,1-3H3,(H2,9,10). The molecule has 0 rings (SSSR count). The number of hydrogen-bond acceptors (Lipinski definition) is 2. The van der Waals surface area contributed by atoms with E-state index < -0.39 is 0 Å². The first-order valence-corrected chi connectivity index (χ1v) is 4.31. The van der Waals surface area contributed by atoms with E-state index in [9.17, 15) is 0 Å². The number of aliphatic imine (C=N–C) groups is 1. The van der Waals surface area contributed by atoms with Crippen LogP contribution in [-0.2, 0) is 4.74 Å². The lowest BCUT2D eigenvalue weighted by molar-refractivity contribution is 0.133. The van der Waals surface area contributed by atoms with Crippen molar-refractivity contribution in [2.24, 2.45) is 10.7 Å². The van der Waals surface area contributed by atoms with Gasteiger partial charge in [0.2, 0.25) is 0 Å². The van der Waals surface area contributed by atoms with Crippen molar-refractivity contribution in [3.63, 3.8) is 0 Å². The Labute approximate surface area is 74.4 Å². The van der Waals surface area contributed by atoms with Gasteiger partial charge in [0.1, 0.15) is 0 Å². The maximum Gasteiger partial charge on any atom is 0.191 e. The second-order valence-electron chi connectivity index (χ2n) is 2.36. The molecule has 0 radical (unpaired) electrons. The molecule has 2 N–H and O–H groups in total. The molecule has 0 amide bonds. The molecule has 0 saturated heterocycles. The highest BCUT2D eigenvalue weighted by atomic mass is 16.5. The van der Waals surface area contributed by atoms with E-state index in [1.54, 1.807) is 7.05 Å². The van der Waals surface area contributed by atoms with E-state index in [4.69, 9.17) is 10.5 Å². The number of hydrogen-bond donors (Lipinski definition) is 1. The van der Waals surface area contributed by atoms with Gasteiger partial charge in [-0.2, -0.15) is 0 Å². The minimum atomic E-state index is 0.581. The molecule has 0 heterocycles. The molecule has 0 saturated carbocycles. The molecule has 0 spiro atoms. The molecule has 0 aromatic carbocycles. The summed E-state index contributed by atoms with van der Waals surface area (Å²) in [6.45, 7) is 7.17. The van der Waals surface area contributed by atoms with Gasteiger partial charge in [0.25, 0.3) is 0 Å². The van der Waals surface area contributed by atoms with Gasteiger partial charge >= 0.3 is 0 Å². The Balaban J connectivity index is 3.68. The summed E-state index contributed by atoms with van der Waals surface area (Å²) in [6.07, 6.45) is 0. The summed E-state index contributed by atoms with van der Waals surface area (Å²) in [5, 5.41) is 0. The zero-order valence-corrected chi connectivity index (χ0v) is 8.21. The van der Waals surface area contributed by atoms with Crippen LogP contribution in [0.2, 0.25) is 0 Å². The Morgan fingerprint density at radius 1 is 1.50 bits per heavy atom. The lowest BCUT2D eigenvalue weighted by atomic mass is 10.5. The summed E-state index contributed by atoms with van der Waals surface area (Å²) in [4.78, 5) is 5.88. The van der Waals surface area contributed by atoms with Gasteiger partial charge in [-0.25, -0.2) is 0 Å². The smallest absolute Gasteiger partial charge is 0.191 e. The first-order chi connectivity index (χ1) is 5.76. The zero-order chi connectivity index (χ0) is 9.40. The van der Waals surface area contributed by atoms with Crippen LogP contribution >= 0.6 is 0 Å². The van der Waals surface area contributed by atoms with Gasteiger partial charge < -0.3 is 15.4 Å². The van der Waals surface area contributed by atoms with Crippen molar-refractivity contribution in [3.8, 4) is 0 Å². The quantitative estimate of drug-likeness (QED) is 0.369. The number of likely N-dealkylation sites (N-methyl/N-ethyl adjacent to an activating group) is 1. The van der Waals surface area contributed by atoms with Crippen molar-refractivity contribution in [2.75, 3.05) is 33.4 Å². The summed E-state index contributed by atoms with van der Waals surface area (Å²) < 4.78 is 5.21. The molecule has 0 atom stereocenters. The molecule has 0 fully saturated rings. The average Bonchev–Trinajstić information content (AvgIpc) is 2.11. The third-order valence-corrected chi connectivity index (χ3v) is 1.64. The van der Waals surface area contributed by atoms with Gasteiger partial charge in [0.15, 0.2) is 5.96 Å². The van der Waals surface area contributed by atoms with Crippen LogP contribution in [0.1, 0.15) is 13.8 Å². The number of guanidine groups is 1. The molecule has 0 aliphatic rings. The molecule has 0 aliphatic heterocycles. The van der Waals surface area contributed by atoms with Gasteiger partial charge in [-0.3, -0.25) is 4.99 Å². The van der Waals surface area contributed by atoms with E-state index in [-0.39, 0.29) is 0 Å². The predicted octanol–water partition coefficient (Wildman–Crippen LogP) is 0.289. The summed E-state index contributed by atoms with van der Waals surface area (Å²) in [6, 6.07) is 0. The van der Waals surface area contributed by atoms with Crippen LogP contribution in [0.5, 0.6) is 0 Å². The summed E-state index contributed by atoms with van der Waals surface area (Å²) in [5.74, 6) is 0.581. The second kappa shape index (κ2) is 6.91. The monoisotopic (exact) mass is 173 g/mol. The van der Waals surface area contributed by atoms with Crippen LogP contribution in [0, 0.1) is 0 Å². The Bertz CT molecular complexity index is 136. The first-order valence-electron chi connectivity index (χ1n) is 4.31. The highest BCUT2D eigenvalue weighted by Gasteiger charge is 2.02. The maximum absolute atomic E-state index is 5.63. The van der Waals surface area contributed by atoms with E-state index in [0.717, 1.165) is 19.7 Å². The van der Waals surface area contributed by atoms with Crippen LogP contribution in [-0.4, -0.2) is 44.2 Å². The van der Waals surface area contributed by atoms with E-state index >= 15 is 0 Å². The van der Waals surface area contributed by atoms with Crippen molar-refractivity contribution in [1.82, 2.24) is 4.90 Å². The summed E-state index contributed by atoms with van der Waals surface area (Å²) in [7, 11) is 1.69. The number of nitrogens with two attached hydrogens (primary N) is 1. The zero-order valence-electron chi connectivity index (χ0n) is 8.21. The lowest BCUT2D eigenvalue weighted by Gasteiger charge is -2.20. The second-order valence-corrected chi connectivity index (χ2v) is 2.36. The highest BCUT2D eigenvalue weighted by molar-refractivity contribution is 5.77. The lowest BCUT2D eigenvalue weighted by Crippen LogP contribution is -2.39. The predicted molar refractivity (Wildman–Crippen MR) is 51.3 cm³/mol. The van der Waals surface area contributed by atoms with Gasteiger partial charge in [-0.15, -0.1) is 0 Å². The minimum absolute atomic E-state index is 0.581. The van der Waals surface area contributed by atoms with E-state index in [2.05, 4.69) is 4.99 Å². The molecule has 4 nitrogen and oxygen atoms in total. The fraction of sp³-hybridized carbons (Fsp3) is 0.875. The Morgan fingerprint density at radius 2 is 2.17 bits per heavy atom. The van der Waals surface area contributed by atoms with E-state index in [1.165, 1.54) is 0 Å². The van der Waals surface area contributed by atoms with Crippen LogP contribution in [0.15, 0.2) is 4.99 Å². The number of ether oxygens (including phenoxy) is 1. The Morgan fingerprint density at radius 3 is 2.58 bits per heavy atom. The molecule has 0 unspecified atom stereocenters. The fourth-order valence-corrected chi connectivity index (χ4v) is 0.895. The number of nitrogens with zero attached hydrogens (tertiary/aromatic N) is 2. The van der Waals surface area contributed by atoms with Gasteiger partial charge in [0, 0.05) is 26.7 Å². The molecule has 0 bridgehead atoms. The molecule has 72 valence electrons. The normalized spacial score (nSPS) is 11.8. The van der Waals surface area contributed by atoms with Crippen LogP contribution in [0.3, 0.4) is 0 Å². The molecule has 0 aliphatic carbocycles. The third kappa shape index (κ3) is 4.18. The van der Waals surface area contributed by atoms with Crippen LogP contribution in [0.4, 0.5) is 0 Å². The highest BCUT2D eigenvalue weighted by Crippen LogP contribution is 1.87. The first kappa shape index (κ1) is 11.2. The fourth-order valence-electron chi connectivity index (χ4n) is 0.895. The minimum Gasteiger partial charge on any atom is -0.380 e. The average molecular weight is 173 g/mol. The van der Waals surface area contributed by atoms with Crippen molar-refractivity contribution in [2.45, 2.75) is 13.8 Å². The Kier molecular flexibility index (Phi) is 6.47. The van der Waals surface area contributed by atoms with Crippen LogP contribution < -0.4 is 5.73 Å². The van der Waals surface area contributed by atoms with Gasteiger partial charge in [0.05, 0.1) is 6.61 Å². The number of rotatable bonds is 5. The largest absolute Gasteiger partial charge is 0.380 e. The van der Waals surface area contributed by atoms with Gasteiger partial charge in [-0.1, -0.05) is 0 Å². The SMILES string of the molecule is CCOCCN(CC)C(N)=NC. The molecule has 4 heteroatoms. The molecule has 0 aromatic heterocycles. The molecular weight excluding hydrogens is 154 g/mol. The Hall–Kier alpha value is -0.770. The van der Waals surface area contributed by atoms with E-state index in [0.29, 0.717) is 12.6 Å². The molecular formula is C8H19N3O. The molecule has 12 heavy (non-hydrogen) atoms. The summed E-state index contributed by atoms with van der Waals surface area (Å²) in [5.41, 5.74) is 5.63. The van der Waals surface area contributed by atoms with Crippen LogP contribution in [0.25, 0.3) is 0 Å². The van der Waals surface area contributed by atoms with Crippen molar-refractivity contribution < 1.29 is 4.74 Å². The summed E-state index contributed by atoms with van der Waals surface area (Å²) >= 11 is 0. The van der Waals surface area contributed by atoms with Crippen molar-refractivity contribution in [1.29, 1.82) is 0 Å². The molecule has 0 aromatic rings. The van der Waals surface area contributed by atoms with Crippen molar-refractivity contribution >= 4 is 5.96 Å². The maximum atomic E-state index is 5.63. The topological polar surface area (TPSA) is 50.9 Å². The van der Waals surface area contributed by atoms with Crippen molar-refractivity contribution in [3.05, 3.63) is 0 Å².